The molecule has 1 aliphatic rings. The highest BCUT2D eigenvalue weighted by Gasteiger charge is 2.32. The molecule has 2 aromatic heterocycles. The lowest BCUT2D eigenvalue weighted by molar-refractivity contribution is -0.137. The Morgan fingerprint density at radius 2 is 1.93 bits per heavy atom. The number of carbonyl (C=O) groups is 1. The van der Waals surface area contributed by atoms with Gasteiger partial charge in [0.25, 0.3) is 5.91 Å². The summed E-state index contributed by atoms with van der Waals surface area (Å²) in [5.74, 6) is 0.476. The van der Waals surface area contributed by atoms with Gasteiger partial charge in [0, 0.05) is 48.4 Å². The maximum atomic E-state index is 13.7. The first kappa shape index (κ1) is 29.8. The molecule has 1 amide bonds. The molecule has 0 spiro atoms. The third-order valence-electron chi connectivity index (χ3n) is 7.27. The second-order valence-electron chi connectivity index (χ2n) is 10.2. The van der Waals surface area contributed by atoms with Crippen LogP contribution in [0.15, 0.2) is 67.0 Å². The van der Waals surface area contributed by atoms with Gasteiger partial charge < -0.3 is 25.0 Å². The van der Waals surface area contributed by atoms with Crippen molar-refractivity contribution in [1.82, 2.24) is 19.9 Å². The number of aromatic nitrogens is 3. The monoisotopic (exact) mass is 592 g/mol. The molecule has 2 N–H and O–H groups in total. The fraction of sp³-hybridized carbons (Fsp3) is 0.290. The molecule has 0 saturated carbocycles. The summed E-state index contributed by atoms with van der Waals surface area (Å²) in [5.41, 5.74) is 0.941. The number of pyridine rings is 1. The van der Waals surface area contributed by atoms with E-state index >= 15 is 0 Å². The van der Waals surface area contributed by atoms with Crippen LogP contribution in [0.3, 0.4) is 0 Å². The van der Waals surface area contributed by atoms with E-state index < -0.39 is 17.6 Å². The average molecular weight is 593 g/mol. The van der Waals surface area contributed by atoms with E-state index in [9.17, 15) is 18.0 Å². The number of likely N-dealkylation sites (N-methyl/N-ethyl adjacent to an activating group) is 1. The zero-order chi connectivity index (χ0) is 30.6. The van der Waals surface area contributed by atoms with Crippen molar-refractivity contribution in [3.05, 3.63) is 83.7 Å². The van der Waals surface area contributed by atoms with E-state index in [0.717, 1.165) is 31.5 Å². The van der Waals surface area contributed by atoms with Gasteiger partial charge in [0.2, 0.25) is 11.8 Å². The predicted octanol–water partition coefficient (Wildman–Crippen LogP) is 6.43. The maximum absolute atomic E-state index is 13.7. The molecule has 0 aliphatic carbocycles. The standard InChI is InChI=1S/C31H31F3N6O3/c1-19-24(8-4-10-27(19)43-29-25(9-5-12-36-29)26-11-13-37-30(35-2)39-26)28(41)38-21-15-20(31(32,33)34)16-23(17-21)42-18-22-7-6-14-40(22)3/h4-5,8-13,15-17,22H,6-7,14,18H2,1-3H3,(H,38,41)(H,35,37,39)/t22-/m0/s1. The molecule has 1 atom stereocenters. The van der Waals surface area contributed by atoms with Crippen LogP contribution in [0.4, 0.5) is 24.8 Å². The van der Waals surface area contributed by atoms with Crippen LogP contribution in [0, 0.1) is 6.92 Å². The summed E-state index contributed by atoms with van der Waals surface area (Å²) in [4.78, 5) is 28.4. The Morgan fingerprint density at radius 1 is 1.09 bits per heavy atom. The molecule has 5 rings (SSSR count). The number of carbonyl (C=O) groups excluding carboxylic acids is 1. The number of nitrogens with zero attached hydrogens (tertiary/aromatic N) is 4. The van der Waals surface area contributed by atoms with E-state index in [2.05, 4.69) is 30.5 Å². The van der Waals surface area contributed by atoms with Crippen molar-refractivity contribution in [2.45, 2.75) is 32.0 Å². The second kappa shape index (κ2) is 12.7. The second-order valence-corrected chi connectivity index (χ2v) is 10.2. The largest absolute Gasteiger partial charge is 0.492 e. The fourth-order valence-corrected chi connectivity index (χ4v) is 4.87. The van der Waals surface area contributed by atoms with Crippen molar-refractivity contribution in [3.8, 4) is 28.6 Å². The predicted molar refractivity (Wildman–Crippen MR) is 157 cm³/mol. The summed E-state index contributed by atoms with van der Waals surface area (Å²) in [6.07, 6.45) is 0.481. The zero-order valence-corrected chi connectivity index (χ0v) is 23.9. The lowest BCUT2D eigenvalue weighted by atomic mass is 10.1. The molecule has 1 fully saturated rings. The molecule has 4 aromatic rings. The SMILES string of the molecule is CNc1nccc(-c2cccnc2Oc2cccc(C(=O)Nc3cc(OC[C@@H]4CCCN4C)cc(C(F)(F)F)c3)c2C)n1. The first-order valence-electron chi connectivity index (χ1n) is 13.7. The summed E-state index contributed by atoms with van der Waals surface area (Å²) in [6.45, 7) is 2.86. The molecule has 2 aromatic carbocycles. The maximum Gasteiger partial charge on any atom is 0.416 e. The smallest absolute Gasteiger partial charge is 0.416 e. The molecular formula is C31H31F3N6O3. The molecule has 224 valence electrons. The Kier molecular flexibility index (Phi) is 8.76. The molecule has 3 heterocycles. The van der Waals surface area contributed by atoms with E-state index in [-0.39, 0.29) is 35.5 Å². The number of likely N-dealkylation sites (tertiary alicyclic amines) is 1. The Morgan fingerprint density at radius 3 is 2.67 bits per heavy atom. The highest BCUT2D eigenvalue weighted by atomic mass is 19.4. The zero-order valence-electron chi connectivity index (χ0n) is 23.9. The highest BCUT2D eigenvalue weighted by Crippen LogP contribution is 2.36. The number of rotatable bonds is 9. The van der Waals surface area contributed by atoms with Gasteiger partial charge in [-0.3, -0.25) is 4.79 Å². The number of alkyl halides is 3. The molecule has 0 radical (unpaired) electrons. The van der Waals surface area contributed by atoms with Crippen LogP contribution in [-0.4, -0.2) is 59.0 Å². The van der Waals surface area contributed by atoms with Crippen LogP contribution in [0.25, 0.3) is 11.3 Å². The lowest BCUT2D eigenvalue weighted by Crippen LogP contribution is -2.30. The molecule has 1 aliphatic heterocycles. The average Bonchev–Trinajstić information content (AvgIpc) is 3.41. The summed E-state index contributed by atoms with van der Waals surface area (Å²) >= 11 is 0. The third-order valence-corrected chi connectivity index (χ3v) is 7.27. The molecule has 0 bridgehead atoms. The van der Waals surface area contributed by atoms with Crippen LogP contribution in [-0.2, 0) is 6.18 Å². The minimum atomic E-state index is -4.62. The molecule has 9 nitrogen and oxygen atoms in total. The van der Waals surface area contributed by atoms with Crippen molar-refractivity contribution in [1.29, 1.82) is 0 Å². The number of halogens is 3. The summed E-state index contributed by atoms with van der Waals surface area (Å²) in [7, 11) is 3.67. The topological polar surface area (TPSA) is 102 Å². The normalized spacial score (nSPS) is 15.3. The van der Waals surface area contributed by atoms with Crippen molar-refractivity contribution in [3.63, 3.8) is 0 Å². The van der Waals surface area contributed by atoms with Gasteiger partial charge in [-0.05, 0) is 75.8 Å². The van der Waals surface area contributed by atoms with Gasteiger partial charge >= 0.3 is 6.18 Å². The Hall–Kier alpha value is -4.71. The number of ether oxygens (including phenoxy) is 2. The van der Waals surface area contributed by atoms with Crippen LogP contribution in [0.5, 0.6) is 17.4 Å². The van der Waals surface area contributed by atoms with E-state index in [0.29, 0.717) is 28.5 Å². The minimum Gasteiger partial charge on any atom is -0.492 e. The van der Waals surface area contributed by atoms with E-state index in [4.69, 9.17) is 9.47 Å². The number of nitrogens with one attached hydrogen (secondary N) is 2. The summed E-state index contributed by atoms with van der Waals surface area (Å²) < 4.78 is 53.1. The first-order chi connectivity index (χ1) is 20.6. The fourth-order valence-electron chi connectivity index (χ4n) is 4.87. The van der Waals surface area contributed by atoms with Gasteiger partial charge in [0.15, 0.2) is 0 Å². The van der Waals surface area contributed by atoms with Crippen molar-refractivity contribution < 1.29 is 27.4 Å². The minimum absolute atomic E-state index is 0.0311. The van der Waals surface area contributed by atoms with Gasteiger partial charge in [0.1, 0.15) is 18.1 Å². The van der Waals surface area contributed by atoms with E-state index in [1.54, 1.807) is 62.8 Å². The molecule has 12 heteroatoms. The molecular weight excluding hydrogens is 561 g/mol. The van der Waals surface area contributed by atoms with Crippen LogP contribution < -0.4 is 20.1 Å². The molecule has 0 unspecified atom stereocenters. The van der Waals surface area contributed by atoms with Gasteiger partial charge in [0.05, 0.1) is 16.8 Å². The van der Waals surface area contributed by atoms with Crippen molar-refractivity contribution in [2.75, 3.05) is 37.9 Å². The first-order valence-corrected chi connectivity index (χ1v) is 13.7. The van der Waals surface area contributed by atoms with Crippen molar-refractivity contribution >= 4 is 17.5 Å². The van der Waals surface area contributed by atoms with Gasteiger partial charge in [-0.15, -0.1) is 0 Å². The van der Waals surface area contributed by atoms with Gasteiger partial charge in [-0.25, -0.2) is 15.0 Å². The summed E-state index contributed by atoms with van der Waals surface area (Å²) in [6, 6.07) is 13.5. The summed E-state index contributed by atoms with van der Waals surface area (Å²) in [5, 5.41) is 5.50. The van der Waals surface area contributed by atoms with E-state index in [1.807, 2.05) is 7.05 Å². The Balaban J connectivity index is 1.38. The Bertz CT molecular complexity index is 1610. The lowest BCUT2D eigenvalue weighted by Gasteiger charge is -2.20. The van der Waals surface area contributed by atoms with Crippen LogP contribution in [0.2, 0.25) is 0 Å². The molecule has 43 heavy (non-hydrogen) atoms. The van der Waals surface area contributed by atoms with Crippen LogP contribution >= 0.6 is 0 Å². The molecule has 1 saturated heterocycles. The van der Waals surface area contributed by atoms with Gasteiger partial charge in [-0.1, -0.05) is 6.07 Å². The number of amides is 1. The van der Waals surface area contributed by atoms with Gasteiger partial charge in [-0.2, -0.15) is 13.2 Å². The number of hydrogen-bond donors (Lipinski definition) is 2. The number of hydrogen-bond acceptors (Lipinski definition) is 8. The highest BCUT2D eigenvalue weighted by molar-refractivity contribution is 6.05. The van der Waals surface area contributed by atoms with Crippen LogP contribution in [0.1, 0.15) is 34.3 Å². The number of benzene rings is 2. The number of anilines is 2. The van der Waals surface area contributed by atoms with E-state index in [1.165, 1.54) is 6.07 Å². The third kappa shape index (κ3) is 7.03. The van der Waals surface area contributed by atoms with Crippen molar-refractivity contribution in [2.24, 2.45) is 0 Å². The Labute approximate surface area is 247 Å². The quantitative estimate of drug-likeness (QED) is 0.230.